The Morgan fingerprint density at radius 2 is 1.71 bits per heavy atom. The molecule has 1 atom stereocenters. The van der Waals surface area contributed by atoms with Crippen molar-refractivity contribution < 1.29 is 13.9 Å². The molecule has 0 aliphatic heterocycles. The number of hydrogen-bond donors (Lipinski definition) is 1. The van der Waals surface area contributed by atoms with Crippen LogP contribution in [0.25, 0.3) is 0 Å². The van der Waals surface area contributed by atoms with E-state index in [1.807, 2.05) is 6.92 Å². The zero-order valence-corrected chi connectivity index (χ0v) is 11.0. The van der Waals surface area contributed by atoms with E-state index in [0.717, 1.165) is 5.56 Å². The average Bonchev–Trinajstić information content (AvgIpc) is 2.25. The Kier molecular flexibility index (Phi) is 3.98. The van der Waals surface area contributed by atoms with Gasteiger partial charge in [0, 0.05) is 23.2 Å². The molecule has 0 aliphatic carbocycles. The quantitative estimate of drug-likeness (QED) is 0.881. The van der Waals surface area contributed by atoms with E-state index < -0.39 is 5.67 Å². The average molecular weight is 241 g/mol. The highest BCUT2D eigenvalue weighted by molar-refractivity contribution is 5.49. The summed E-state index contributed by atoms with van der Waals surface area (Å²) in [6.45, 7) is 4.81. The Bertz CT molecular complexity index is 397. The fraction of sp³-hybridized carbons (Fsp3) is 0.538. The molecule has 0 fully saturated rings. The summed E-state index contributed by atoms with van der Waals surface area (Å²) < 4.78 is 24.5. The van der Waals surface area contributed by atoms with E-state index in [4.69, 9.17) is 15.2 Å². The van der Waals surface area contributed by atoms with Crippen molar-refractivity contribution in [1.29, 1.82) is 0 Å². The second-order valence-corrected chi connectivity index (χ2v) is 4.56. The van der Waals surface area contributed by atoms with Gasteiger partial charge in [-0.05, 0) is 26.8 Å². The highest BCUT2D eigenvalue weighted by Gasteiger charge is 2.26. The van der Waals surface area contributed by atoms with Gasteiger partial charge in [0.2, 0.25) is 0 Å². The van der Waals surface area contributed by atoms with E-state index in [1.165, 1.54) is 21.0 Å². The summed E-state index contributed by atoms with van der Waals surface area (Å²) in [5, 5.41) is 0. The molecule has 0 spiro atoms. The van der Waals surface area contributed by atoms with E-state index in [1.54, 1.807) is 19.2 Å². The van der Waals surface area contributed by atoms with E-state index >= 15 is 0 Å². The smallest absolute Gasteiger partial charge is 0.134 e. The number of benzene rings is 1. The molecule has 1 aromatic rings. The van der Waals surface area contributed by atoms with Crippen molar-refractivity contribution in [2.24, 2.45) is 5.73 Å². The van der Waals surface area contributed by atoms with Crippen molar-refractivity contribution in [3.8, 4) is 11.5 Å². The molecular weight excluding hydrogens is 221 g/mol. The lowest BCUT2D eigenvalue weighted by molar-refractivity contribution is 0.213. The third kappa shape index (κ3) is 2.88. The van der Waals surface area contributed by atoms with Crippen LogP contribution in [0.2, 0.25) is 0 Å². The molecule has 17 heavy (non-hydrogen) atoms. The van der Waals surface area contributed by atoms with Crippen LogP contribution in [0.15, 0.2) is 12.1 Å². The zero-order chi connectivity index (χ0) is 13.2. The molecule has 0 saturated carbocycles. The highest BCUT2D eigenvalue weighted by atomic mass is 19.1. The molecule has 1 unspecified atom stereocenters. The zero-order valence-electron chi connectivity index (χ0n) is 11.0. The molecular formula is C13H20FNO2. The first-order chi connectivity index (χ1) is 7.81. The second-order valence-electron chi connectivity index (χ2n) is 4.56. The molecule has 0 amide bonds. The first-order valence-corrected chi connectivity index (χ1v) is 5.52. The Labute approximate surface area is 102 Å². The van der Waals surface area contributed by atoms with Crippen molar-refractivity contribution in [3.63, 3.8) is 0 Å². The summed E-state index contributed by atoms with van der Waals surface area (Å²) in [6.07, 6.45) is 0. The summed E-state index contributed by atoms with van der Waals surface area (Å²) in [5.41, 5.74) is 5.62. The molecule has 1 rings (SSSR count). The number of alkyl halides is 1. The van der Waals surface area contributed by atoms with E-state index in [9.17, 15) is 4.39 Å². The predicted molar refractivity (Wildman–Crippen MR) is 66.3 cm³/mol. The van der Waals surface area contributed by atoms with Gasteiger partial charge in [-0.3, -0.25) is 0 Å². The number of nitrogens with two attached hydrogens (primary N) is 1. The minimum absolute atomic E-state index is 0.225. The third-order valence-electron chi connectivity index (χ3n) is 2.68. The normalized spacial score (nSPS) is 13.4. The molecule has 0 heterocycles. The minimum Gasteiger partial charge on any atom is -0.496 e. The van der Waals surface area contributed by atoms with Gasteiger partial charge in [-0.2, -0.15) is 0 Å². The maximum Gasteiger partial charge on any atom is 0.134 e. The first kappa shape index (κ1) is 13.8. The van der Waals surface area contributed by atoms with Crippen LogP contribution in [0.1, 0.15) is 37.9 Å². The van der Waals surface area contributed by atoms with Crippen molar-refractivity contribution in [2.75, 3.05) is 14.2 Å². The summed E-state index contributed by atoms with van der Waals surface area (Å²) in [6, 6.07) is 3.16. The number of rotatable bonds is 4. The SMILES string of the molecule is COc1cc(OC)c(C(C)(C)F)cc1C(C)N. The van der Waals surface area contributed by atoms with Crippen LogP contribution in [0, 0.1) is 0 Å². The minimum atomic E-state index is -1.48. The van der Waals surface area contributed by atoms with Crippen LogP contribution >= 0.6 is 0 Å². The van der Waals surface area contributed by atoms with Gasteiger partial charge in [-0.1, -0.05) is 0 Å². The Balaban J connectivity index is 3.45. The maximum absolute atomic E-state index is 14.1. The molecule has 0 radical (unpaired) electrons. The number of methoxy groups -OCH3 is 2. The first-order valence-electron chi connectivity index (χ1n) is 5.52. The monoisotopic (exact) mass is 241 g/mol. The lowest BCUT2D eigenvalue weighted by Crippen LogP contribution is -2.14. The van der Waals surface area contributed by atoms with Crippen molar-refractivity contribution in [3.05, 3.63) is 23.3 Å². The van der Waals surface area contributed by atoms with Crippen LogP contribution in [-0.2, 0) is 5.67 Å². The van der Waals surface area contributed by atoms with Crippen LogP contribution < -0.4 is 15.2 Å². The third-order valence-corrected chi connectivity index (χ3v) is 2.68. The Morgan fingerprint density at radius 3 is 2.06 bits per heavy atom. The highest BCUT2D eigenvalue weighted by Crippen LogP contribution is 2.39. The maximum atomic E-state index is 14.1. The van der Waals surface area contributed by atoms with Gasteiger partial charge >= 0.3 is 0 Å². The number of hydrogen-bond acceptors (Lipinski definition) is 3. The van der Waals surface area contributed by atoms with E-state index in [-0.39, 0.29) is 6.04 Å². The summed E-state index contributed by atoms with van der Waals surface area (Å²) in [7, 11) is 3.07. The van der Waals surface area contributed by atoms with Gasteiger partial charge in [-0.25, -0.2) is 4.39 Å². The standard InChI is InChI=1S/C13H20FNO2/c1-8(15)9-6-10(13(2,3)14)12(17-5)7-11(9)16-4/h6-8H,15H2,1-5H3. The largest absolute Gasteiger partial charge is 0.496 e. The van der Waals surface area contributed by atoms with Gasteiger partial charge in [-0.15, -0.1) is 0 Å². The molecule has 96 valence electrons. The fourth-order valence-corrected chi connectivity index (χ4v) is 1.74. The van der Waals surface area contributed by atoms with Gasteiger partial charge in [0.15, 0.2) is 0 Å². The second kappa shape index (κ2) is 4.92. The van der Waals surface area contributed by atoms with E-state index in [2.05, 4.69) is 0 Å². The van der Waals surface area contributed by atoms with Crippen LogP contribution in [0.5, 0.6) is 11.5 Å². The lowest BCUT2D eigenvalue weighted by atomic mass is 9.94. The van der Waals surface area contributed by atoms with Crippen molar-refractivity contribution >= 4 is 0 Å². The van der Waals surface area contributed by atoms with Gasteiger partial charge in [0.1, 0.15) is 17.2 Å². The molecule has 0 bridgehead atoms. The molecule has 2 N–H and O–H groups in total. The lowest BCUT2D eigenvalue weighted by Gasteiger charge is -2.22. The van der Waals surface area contributed by atoms with Gasteiger partial charge in [0.25, 0.3) is 0 Å². The predicted octanol–water partition coefficient (Wildman–Crippen LogP) is 2.93. The van der Waals surface area contributed by atoms with Crippen LogP contribution in [0.4, 0.5) is 4.39 Å². The Morgan fingerprint density at radius 1 is 1.18 bits per heavy atom. The Hall–Kier alpha value is -1.29. The number of ether oxygens (including phenoxy) is 2. The summed E-state index contributed by atoms with van der Waals surface area (Å²) in [5.74, 6) is 1.09. The summed E-state index contributed by atoms with van der Waals surface area (Å²) in [4.78, 5) is 0. The van der Waals surface area contributed by atoms with E-state index in [0.29, 0.717) is 17.1 Å². The molecule has 0 aromatic heterocycles. The van der Waals surface area contributed by atoms with Crippen molar-refractivity contribution in [1.82, 2.24) is 0 Å². The molecule has 4 heteroatoms. The molecule has 3 nitrogen and oxygen atoms in total. The van der Waals surface area contributed by atoms with Crippen molar-refractivity contribution in [2.45, 2.75) is 32.5 Å². The number of halogens is 1. The van der Waals surface area contributed by atoms with Crippen LogP contribution in [0.3, 0.4) is 0 Å². The molecule has 0 saturated heterocycles. The fourth-order valence-electron chi connectivity index (χ4n) is 1.74. The van der Waals surface area contributed by atoms with Crippen LogP contribution in [-0.4, -0.2) is 14.2 Å². The van der Waals surface area contributed by atoms with Gasteiger partial charge in [0.05, 0.1) is 14.2 Å². The molecule has 1 aromatic carbocycles. The summed E-state index contributed by atoms with van der Waals surface area (Å²) >= 11 is 0. The van der Waals surface area contributed by atoms with Gasteiger partial charge < -0.3 is 15.2 Å². The topological polar surface area (TPSA) is 44.5 Å². The molecule has 0 aliphatic rings.